The number of halogens is 4. The summed E-state index contributed by atoms with van der Waals surface area (Å²) in [6.45, 7) is 0. The molecular weight excluding hydrogens is 431 g/mol. The van der Waals surface area contributed by atoms with Gasteiger partial charge >= 0.3 is 5.97 Å². The summed E-state index contributed by atoms with van der Waals surface area (Å²) in [6, 6.07) is 4.29. The van der Waals surface area contributed by atoms with E-state index in [-0.39, 0.29) is 36.0 Å². The molecule has 1 unspecified atom stereocenters. The van der Waals surface area contributed by atoms with Crippen LogP contribution >= 0.6 is 24.0 Å². The van der Waals surface area contributed by atoms with Gasteiger partial charge < -0.3 is 15.6 Å². The Morgan fingerprint density at radius 3 is 2.72 bits per heavy atom. The van der Waals surface area contributed by atoms with Crippen LogP contribution in [0.15, 0.2) is 36.7 Å². The van der Waals surface area contributed by atoms with E-state index in [1.165, 1.54) is 29.2 Å². The summed E-state index contributed by atoms with van der Waals surface area (Å²) >= 11 is 5.61. The fraction of sp³-hybridized carbons (Fsp3) is 0.176. The van der Waals surface area contributed by atoms with E-state index in [1.807, 2.05) is 0 Å². The van der Waals surface area contributed by atoms with Crippen molar-refractivity contribution in [2.75, 3.05) is 0 Å². The molecule has 0 fully saturated rings. The van der Waals surface area contributed by atoms with Crippen LogP contribution < -0.4 is 10.5 Å². The highest BCUT2D eigenvalue weighted by Crippen LogP contribution is 2.27. The normalized spacial score (nSPS) is 11.6. The van der Waals surface area contributed by atoms with E-state index >= 15 is 0 Å². The molecule has 2 heterocycles. The second kappa shape index (κ2) is 9.59. The lowest BCUT2D eigenvalue weighted by molar-refractivity contribution is -0.137. The maximum Gasteiger partial charge on any atom is 0.304 e. The van der Waals surface area contributed by atoms with Crippen molar-refractivity contribution in [3.63, 3.8) is 0 Å². The van der Waals surface area contributed by atoms with Gasteiger partial charge in [0.15, 0.2) is 17.4 Å². The Hall–Kier alpha value is -2.82. The summed E-state index contributed by atoms with van der Waals surface area (Å²) < 4.78 is 34.5. The number of rotatable bonds is 7. The van der Waals surface area contributed by atoms with Crippen LogP contribution in [0.5, 0.6) is 11.6 Å². The number of benzene rings is 1. The van der Waals surface area contributed by atoms with Gasteiger partial charge in [-0.25, -0.2) is 18.4 Å². The van der Waals surface area contributed by atoms with Crippen molar-refractivity contribution in [3.8, 4) is 17.3 Å². The van der Waals surface area contributed by atoms with E-state index < -0.39 is 29.5 Å². The van der Waals surface area contributed by atoms with Gasteiger partial charge in [-0.1, -0.05) is 16.8 Å². The van der Waals surface area contributed by atoms with Crippen LogP contribution in [0, 0.1) is 11.6 Å². The predicted molar refractivity (Wildman–Crippen MR) is 102 cm³/mol. The van der Waals surface area contributed by atoms with Gasteiger partial charge in [0.2, 0.25) is 0 Å². The Morgan fingerprint density at radius 2 is 2.07 bits per heavy atom. The third-order valence-corrected chi connectivity index (χ3v) is 3.82. The first-order valence-electron chi connectivity index (χ1n) is 7.99. The minimum atomic E-state index is -1.01. The van der Waals surface area contributed by atoms with E-state index in [9.17, 15) is 13.6 Å². The lowest BCUT2D eigenvalue weighted by Crippen LogP contribution is -2.26. The molecule has 2 aromatic heterocycles. The fourth-order valence-corrected chi connectivity index (χ4v) is 2.52. The van der Waals surface area contributed by atoms with Gasteiger partial charge in [0, 0.05) is 24.7 Å². The molecule has 0 aliphatic heterocycles. The first-order chi connectivity index (χ1) is 13.3. The Bertz CT molecular complexity index is 1020. The maximum absolute atomic E-state index is 14.3. The van der Waals surface area contributed by atoms with Crippen LogP contribution in [0.2, 0.25) is 5.02 Å². The largest absolute Gasteiger partial charge is 0.481 e. The van der Waals surface area contributed by atoms with Crippen LogP contribution in [-0.4, -0.2) is 37.1 Å². The van der Waals surface area contributed by atoms with Crippen LogP contribution in [0.25, 0.3) is 5.69 Å². The third-order valence-electron chi connectivity index (χ3n) is 3.61. The molecule has 29 heavy (non-hydrogen) atoms. The predicted octanol–water partition coefficient (Wildman–Crippen LogP) is 3.15. The molecule has 154 valence electrons. The number of aromatic nitrogens is 4. The van der Waals surface area contributed by atoms with Crippen LogP contribution in [0.3, 0.4) is 0 Å². The Morgan fingerprint density at radius 1 is 1.31 bits per heavy atom. The molecule has 0 saturated heterocycles. The van der Waals surface area contributed by atoms with Crippen LogP contribution in [-0.2, 0) is 11.2 Å². The zero-order valence-corrected chi connectivity index (χ0v) is 16.2. The maximum atomic E-state index is 14.3. The lowest BCUT2D eigenvalue weighted by atomic mass is 10.1. The Labute approximate surface area is 174 Å². The number of hydrogen-bond acceptors (Lipinski definition) is 6. The summed E-state index contributed by atoms with van der Waals surface area (Å²) in [4.78, 5) is 14.3. The summed E-state index contributed by atoms with van der Waals surface area (Å²) in [6.07, 6.45) is 2.69. The zero-order valence-electron chi connectivity index (χ0n) is 14.6. The van der Waals surface area contributed by atoms with Gasteiger partial charge in [-0.3, -0.25) is 4.79 Å². The SMILES string of the molecule is Cl.NC(CC(=O)O)Cc1cn(-c2ccc(Oc3ncc(Cl)cc3F)c(F)c2)nn1. The van der Waals surface area contributed by atoms with Gasteiger partial charge in [-0.2, -0.15) is 0 Å². The molecule has 3 N–H and O–H groups in total. The topological polar surface area (TPSA) is 116 Å². The summed E-state index contributed by atoms with van der Waals surface area (Å²) in [7, 11) is 0. The Kier molecular flexibility index (Phi) is 7.43. The van der Waals surface area contributed by atoms with Crippen molar-refractivity contribution >= 4 is 30.0 Å². The lowest BCUT2D eigenvalue weighted by Gasteiger charge is -2.08. The number of aliphatic carboxylic acids is 1. The molecule has 12 heteroatoms. The molecule has 1 aromatic carbocycles. The first kappa shape index (κ1) is 22.5. The number of nitrogens with two attached hydrogens (primary N) is 1. The zero-order chi connectivity index (χ0) is 20.3. The average molecular weight is 446 g/mol. The first-order valence-corrected chi connectivity index (χ1v) is 8.37. The standard InChI is InChI=1S/C17H14ClF2N5O3.ClH/c18-9-3-14(20)17(22-7-9)28-15-2-1-12(6-13(15)19)25-8-11(23-24-25)4-10(21)5-16(26)27;/h1-3,6-8,10H,4-5,21H2,(H,26,27);1H. The number of carboxylic acids is 1. The molecule has 0 bridgehead atoms. The summed E-state index contributed by atoms with van der Waals surface area (Å²) in [5, 5.41) is 16.6. The molecule has 0 saturated carbocycles. The van der Waals surface area contributed by atoms with Gasteiger partial charge in [0.25, 0.3) is 5.88 Å². The molecule has 0 radical (unpaired) electrons. The van der Waals surface area contributed by atoms with E-state index in [4.69, 9.17) is 27.2 Å². The smallest absolute Gasteiger partial charge is 0.304 e. The minimum Gasteiger partial charge on any atom is -0.481 e. The molecule has 3 rings (SSSR count). The average Bonchev–Trinajstić information content (AvgIpc) is 3.06. The minimum absolute atomic E-state index is 0. The fourth-order valence-electron chi connectivity index (χ4n) is 2.38. The van der Waals surface area contributed by atoms with Gasteiger partial charge in [0.05, 0.1) is 29.0 Å². The number of hydrogen-bond donors (Lipinski definition) is 2. The highest BCUT2D eigenvalue weighted by Gasteiger charge is 2.14. The highest BCUT2D eigenvalue weighted by molar-refractivity contribution is 6.30. The summed E-state index contributed by atoms with van der Waals surface area (Å²) in [5.41, 5.74) is 6.51. The Balaban J connectivity index is 0.00000300. The quantitative estimate of drug-likeness (QED) is 0.573. The van der Waals surface area contributed by atoms with E-state index in [0.29, 0.717) is 11.4 Å². The van der Waals surface area contributed by atoms with Crippen molar-refractivity contribution in [1.29, 1.82) is 0 Å². The summed E-state index contributed by atoms with van der Waals surface area (Å²) in [5.74, 6) is -3.25. The molecule has 0 aliphatic carbocycles. The molecule has 0 spiro atoms. The van der Waals surface area contributed by atoms with Crippen LogP contribution in [0.1, 0.15) is 12.1 Å². The molecule has 0 aliphatic rings. The molecule has 8 nitrogen and oxygen atoms in total. The number of nitrogens with zero attached hydrogens (tertiary/aromatic N) is 4. The second-order valence-electron chi connectivity index (χ2n) is 5.87. The second-order valence-corrected chi connectivity index (χ2v) is 6.31. The molecule has 0 amide bonds. The number of pyridine rings is 1. The van der Waals surface area contributed by atoms with Crippen molar-refractivity contribution in [1.82, 2.24) is 20.0 Å². The number of carboxylic acid groups (broad SMARTS) is 1. The molecule has 3 aromatic rings. The number of ether oxygens (including phenoxy) is 1. The van der Waals surface area contributed by atoms with Gasteiger partial charge in [0.1, 0.15) is 0 Å². The van der Waals surface area contributed by atoms with Crippen molar-refractivity contribution in [3.05, 3.63) is 59.0 Å². The van der Waals surface area contributed by atoms with Crippen LogP contribution in [0.4, 0.5) is 8.78 Å². The van der Waals surface area contributed by atoms with Gasteiger partial charge in [-0.05, 0) is 18.2 Å². The monoisotopic (exact) mass is 445 g/mol. The van der Waals surface area contributed by atoms with Crippen molar-refractivity contribution in [2.24, 2.45) is 5.73 Å². The highest BCUT2D eigenvalue weighted by atomic mass is 35.5. The third kappa shape index (κ3) is 5.83. The van der Waals surface area contributed by atoms with E-state index in [0.717, 1.165) is 12.1 Å². The van der Waals surface area contributed by atoms with Crippen molar-refractivity contribution < 1.29 is 23.4 Å². The van der Waals surface area contributed by atoms with E-state index in [1.54, 1.807) is 0 Å². The van der Waals surface area contributed by atoms with Crippen molar-refractivity contribution in [2.45, 2.75) is 18.9 Å². The van der Waals surface area contributed by atoms with E-state index in [2.05, 4.69) is 15.3 Å². The molecular formula is C17H15Cl2F2N5O3. The molecule has 1 atom stereocenters. The number of carbonyl (C=O) groups is 1. The van der Waals surface area contributed by atoms with Gasteiger partial charge in [-0.15, -0.1) is 17.5 Å².